The van der Waals surface area contributed by atoms with Crippen LogP contribution in [0.2, 0.25) is 0 Å². The van der Waals surface area contributed by atoms with E-state index < -0.39 is 11.9 Å². The Balaban J connectivity index is 1.08. The fourth-order valence-corrected chi connectivity index (χ4v) is 11.6. The number of unbranched alkanes of at least 4 members (excludes halogenated alkanes) is 12. The van der Waals surface area contributed by atoms with Gasteiger partial charge in [0.25, 0.3) is 0 Å². The lowest BCUT2D eigenvalue weighted by Crippen LogP contribution is -2.51. The van der Waals surface area contributed by atoms with Gasteiger partial charge in [-0.15, -0.1) is 0 Å². The zero-order chi connectivity index (χ0) is 40.0. The van der Waals surface area contributed by atoms with Crippen molar-refractivity contribution in [2.45, 2.75) is 182 Å². The molecular formula is C51H77NO4. The molecule has 5 heteroatoms. The molecule has 0 spiro atoms. The molecule has 1 unspecified atom stereocenters. The highest BCUT2D eigenvalue weighted by molar-refractivity contribution is 6.01. The lowest BCUT2D eigenvalue weighted by atomic mass is 9.47. The summed E-state index contributed by atoms with van der Waals surface area (Å²) in [6.07, 6.45) is 34.5. The van der Waals surface area contributed by atoms with Gasteiger partial charge < -0.3 is 10.1 Å². The highest BCUT2D eigenvalue weighted by Gasteiger charge is 2.59. The third kappa shape index (κ3) is 11.4. The van der Waals surface area contributed by atoms with E-state index in [0.29, 0.717) is 30.1 Å². The summed E-state index contributed by atoms with van der Waals surface area (Å²) in [5, 5.41) is 3.10. The van der Waals surface area contributed by atoms with E-state index in [0.717, 1.165) is 62.5 Å². The average molecular weight is 768 g/mol. The number of carbonyl (C=O) groups excluding carboxylic acids is 3. The van der Waals surface area contributed by atoms with E-state index in [4.69, 9.17) is 4.74 Å². The van der Waals surface area contributed by atoms with Crippen LogP contribution >= 0.6 is 0 Å². The predicted octanol–water partition coefficient (Wildman–Crippen LogP) is 12.9. The van der Waals surface area contributed by atoms with Gasteiger partial charge in [0, 0.05) is 18.9 Å². The zero-order valence-electron chi connectivity index (χ0n) is 36.1. The number of allylic oxidation sites excluding steroid dienone is 4. The molecular weight excluding hydrogens is 691 g/mol. The third-order valence-corrected chi connectivity index (χ3v) is 15.0. The first-order valence-electron chi connectivity index (χ1n) is 23.2. The molecule has 0 aromatic heterocycles. The first kappa shape index (κ1) is 44.2. The van der Waals surface area contributed by atoms with Gasteiger partial charge in [-0.25, -0.2) is 0 Å². The fraction of sp³-hybridized carbons (Fsp3) is 0.706. The maximum atomic E-state index is 13.9. The lowest BCUT2D eigenvalue weighted by Gasteiger charge is -2.58. The molecule has 1 amide bonds. The van der Waals surface area contributed by atoms with Gasteiger partial charge in [0.05, 0.1) is 0 Å². The van der Waals surface area contributed by atoms with Crippen molar-refractivity contribution in [3.8, 4) is 0 Å². The van der Waals surface area contributed by atoms with Crippen LogP contribution in [-0.4, -0.2) is 30.3 Å². The van der Waals surface area contributed by atoms with Crippen molar-refractivity contribution >= 4 is 23.2 Å². The maximum absolute atomic E-state index is 13.9. The number of Topliss-reactive ketones (excluding diaryl/α,β-unsaturated/α-hetero) is 1. The Kier molecular flexibility index (Phi) is 17.1. The number of esters is 1. The average Bonchev–Trinajstić information content (AvgIpc) is 3.56. The summed E-state index contributed by atoms with van der Waals surface area (Å²) in [7, 11) is 0. The van der Waals surface area contributed by atoms with E-state index >= 15 is 0 Å². The molecule has 4 aliphatic rings. The van der Waals surface area contributed by atoms with Crippen molar-refractivity contribution in [1.29, 1.82) is 0 Å². The van der Waals surface area contributed by atoms with Crippen LogP contribution in [0.25, 0.3) is 5.57 Å². The number of nitrogens with one attached hydrogen (secondary N) is 1. The third-order valence-electron chi connectivity index (χ3n) is 15.0. The van der Waals surface area contributed by atoms with Crippen LogP contribution in [0.15, 0.2) is 60.2 Å². The molecule has 56 heavy (non-hydrogen) atoms. The molecule has 5 nitrogen and oxygen atoms in total. The number of rotatable bonds is 22. The van der Waals surface area contributed by atoms with E-state index in [-0.39, 0.29) is 28.8 Å². The fourth-order valence-electron chi connectivity index (χ4n) is 11.6. The normalized spacial score (nSPS) is 29.2. The minimum absolute atomic E-state index is 0.117. The molecule has 310 valence electrons. The number of ketones is 1. The number of hydrogen-bond acceptors (Lipinski definition) is 4. The molecule has 8 atom stereocenters. The van der Waals surface area contributed by atoms with Crippen LogP contribution in [0.4, 0.5) is 0 Å². The van der Waals surface area contributed by atoms with Crippen LogP contribution in [0, 0.1) is 40.4 Å². The molecule has 0 aliphatic heterocycles. The summed E-state index contributed by atoms with van der Waals surface area (Å²) < 4.78 is 6.28. The van der Waals surface area contributed by atoms with Crippen molar-refractivity contribution in [2.75, 3.05) is 6.54 Å². The Bertz CT molecular complexity index is 1510. The SMILES string of the molecule is CCCCCCCC/C=C\CCCCCCCCNC(=O)C(/C=C(\C)c1ccccc1)C(=O)O[C@H]1CC[C@@]2(C)C(=CC[C@H]3[C@@H]4CC[C@H](C(C)=O)[C@@]4(C)CC[C@@H]32)C1. The molecule has 0 heterocycles. The smallest absolute Gasteiger partial charge is 0.322 e. The van der Waals surface area contributed by atoms with Gasteiger partial charge in [-0.1, -0.05) is 139 Å². The number of benzene rings is 1. The number of ether oxygens (including phenoxy) is 1. The molecule has 1 aromatic rings. The molecule has 0 saturated heterocycles. The van der Waals surface area contributed by atoms with E-state index in [1.165, 1.54) is 95.5 Å². The number of carbonyl (C=O) groups is 3. The number of fused-ring (bicyclic) bond motifs is 5. The first-order valence-corrected chi connectivity index (χ1v) is 23.2. The molecule has 0 radical (unpaired) electrons. The molecule has 4 aliphatic carbocycles. The Morgan fingerprint density at radius 2 is 1.46 bits per heavy atom. The van der Waals surface area contributed by atoms with Crippen LogP contribution in [0.3, 0.4) is 0 Å². The minimum Gasteiger partial charge on any atom is -0.461 e. The van der Waals surface area contributed by atoms with Crippen molar-refractivity contribution in [3.05, 3.63) is 65.8 Å². The zero-order valence-corrected chi connectivity index (χ0v) is 36.1. The van der Waals surface area contributed by atoms with Crippen LogP contribution in [0.5, 0.6) is 0 Å². The van der Waals surface area contributed by atoms with Gasteiger partial charge in [-0.2, -0.15) is 0 Å². The molecule has 0 bridgehead atoms. The topological polar surface area (TPSA) is 72.5 Å². The lowest BCUT2D eigenvalue weighted by molar-refractivity contribution is -0.157. The Morgan fingerprint density at radius 3 is 2.14 bits per heavy atom. The quantitative estimate of drug-likeness (QED) is 0.0552. The largest absolute Gasteiger partial charge is 0.461 e. The van der Waals surface area contributed by atoms with E-state index in [1.807, 2.05) is 37.3 Å². The molecule has 3 saturated carbocycles. The Morgan fingerprint density at radius 1 is 0.804 bits per heavy atom. The highest BCUT2D eigenvalue weighted by Crippen LogP contribution is 2.66. The minimum atomic E-state index is -0.977. The highest BCUT2D eigenvalue weighted by atomic mass is 16.5. The van der Waals surface area contributed by atoms with E-state index in [2.05, 4.69) is 44.3 Å². The Labute approximate surface area is 341 Å². The van der Waals surface area contributed by atoms with Gasteiger partial charge in [0.1, 0.15) is 11.9 Å². The van der Waals surface area contributed by atoms with Crippen molar-refractivity contribution in [1.82, 2.24) is 5.32 Å². The first-order chi connectivity index (χ1) is 27.1. The van der Waals surface area contributed by atoms with E-state index in [9.17, 15) is 14.4 Å². The van der Waals surface area contributed by atoms with Crippen molar-refractivity contribution in [3.63, 3.8) is 0 Å². The molecule has 3 fully saturated rings. The van der Waals surface area contributed by atoms with Gasteiger partial charge in [0.15, 0.2) is 5.92 Å². The van der Waals surface area contributed by atoms with Gasteiger partial charge in [0.2, 0.25) is 5.91 Å². The second-order valence-corrected chi connectivity index (χ2v) is 18.8. The number of hydrogen-bond donors (Lipinski definition) is 1. The Hall–Kier alpha value is -2.95. The predicted molar refractivity (Wildman–Crippen MR) is 232 cm³/mol. The molecule has 1 N–H and O–H groups in total. The summed E-state index contributed by atoms with van der Waals surface area (Å²) in [6.45, 7) is 11.5. The monoisotopic (exact) mass is 768 g/mol. The molecule has 5 rings (SSSR count). The van der Waals surface area contributed by atoms with Gasteiger partial charge in [-0.05, 0) is 131 Å². The standard InChI is InChI=1S/C51H77NO4/c1-6-7-8-9-10-11-12-13-14-15-16-17-18-19-20-24-35-52-48(54)44(36-38(2)40-25-22-21-23-26-40)49(55)56-42-31-33-50(4)41(37-42)27-28-43-46-30-29-45(39(3)53)51(46,5)34-32-47(43)50/h13-14,21-23,25-27,36,42-47H,6-12,15-20,24,28-35,37H2,1-5H3,(H,52,54)/b14-13-,38-36+/t42-,43-,44?,45+,46-,47-,50-,51+/m0/s1. The van der Waals surface area contributed by atoms with Crippen LogP contribution < -0.4 is 5.32 Å². The maximum Gasteiger partial charge on any atom is 0.322 e. The van der Waals surface area contributed by atoms with Crippen LogP contribution in [0.1, 0.15) is 181 Å². The van der Waals surface area contributed by atoms with Crippen LogP contribution in [-0.2, 0) is 19.1 Å². The molecule has 1 aromatic carbocycles. The van der Waals surface area contributed by atoms with Gasteiger partial charge >= 0.3 is 5.97 Å². The summed E-state index contributed by atoms with van der Waals surface area (Å²) in [5.41, 5.74) is 3.62. The summed E-state index contributed by atoms with van der Waals surface area (Å²) >= 11 is 0. The van der Waals surface area contributed by atoms with E-state index in [1.54, 1.807) is 13.0 Å². The second-order valence-electron chi connectivity index (χ2n) is 18.8. The van der Waals surface area contributed by atoms with Crippen molar-refractivity contribution < 1.29 is 19.1 Å². The van der Waals surface area contributed by atoms with Gasteiger partial charge in [-0.3, -0.25) is 14.4 Å². The summed E-state index contributed by atoms with van der Waals surface area (Å²) in [5.74, 6) is 0.815. The second kappa shape index (κ2) is 21.7. The number of amides is 1. The van der Waals surface area contributed by atoms with Crippen molar-refractivity contribution in [2.24, 2.45) is 40.4 Å². The summed E-state index contributed by atoms with van der Waals surface area (Å²) in [6, 6.07) is 9.98. The summed E-state index contributed by atoms with van der Waals surface area (Å²) in [4.78, 5) is 40.2.